The largest absolute Gasteiger partial charge is 0.340 e. The lowest BCUT2D eigenvalue weighted by Crippen LogP contribution is -2.44. The number of nitrogens with zero attached hydrogens (tertiary/aromatic N) is 2. The topological polar surface area (TPSA) is 59.6 Å². The Balaban J connectivity index is 1.42. The Morgan fingerprint density at radius 3 is 1.83 bits per heavy atom. The van der Waals surface area contributed by atoms with Gasteiger partial charge in [0.1, 0.15) is 0 Å². The van der Waals surface area contributed by atoms with Crippen molar-refractivity contribution in [2.75, 3.05) is 63.8 Å². The number of hydrogen-bond acceptors (Lipinski definition) is 6. The van der Waals surface area contributed by atoms with E-state index < -0.39 is 0 Å². The molecule has 0 aliphatic carbocycles. The van der Waals surface area contributed by atoms with Gasteiger partial charge in [-0.05, 0) is 24.3 Å². The fourth-order valence-electron chi connectivity index (χ4n) is 3.91. The summed E-state index contributed by atoms with van der Waals surface area (Å²) in [4.78, 5) is 19.9. The van der Waals surface area contributed by atoms with Crippen molar-refractivity contribution in [2.45, 2.75) is 16.2 Å². The number of nitrogens with one attached hydrogen (secondary N) is 3. The lowest BCUT2D eigenvalue weighted by molar-refractivity contribution is -0.130. The fraction of sp³-hybridized carbons (Fsp3) is 0.435. The molecule has 1 fully saturated rings. The number of para-hydroxylation sites is 2. The van der Waals surface area contributed by atoms with Gasteiger partial charge in [-0.3, -0.25) is 4.79 Å². The van der Waals surface area contributed by atoms with Gasteiger partial charge in [-0.2, -0.15) is 0 Å². The van der Waals surface area contributed by atoms with Crippen LogP contribution in [-0.2, 0) is 4.79 Å². The van der Waals surface area contributed by atoms with E-state index in [9.17, 15) is 4.79 Å². The van der Waals surface area contributed by atoms with Gasteiger partial charge in [0, 0.05) is 75.1 Å². The van der Waals surface area contributed by atoms with Gasteiger partial charge < -0.3 is 25.8 Å². The van der Waals surface area contributed by atoms with Crippen molar-refractivity contribution >= 4 is 29.0 Å². The monoisotopic (exact) mass is 425 g/mol. The number of anilines is 2. The highest BCUT2D eigenvalue weighted by Gasteiger charge is 2.24. The molecule has 0 bridgehead atoms. The third-order valence-corrected chi connectivity index (χ3v) is 6.64. The minimum Gasteiger partial charge on any atom is -0.340 e. The second kappa shape index (κ2) is 10.8. The summed E-state index contributed by atoms with van der Waals surface area (Å²) in [5, 5.41) is 10.3. The molecule has 1 saturated heterocycles. The van der Waals surface area contributed by atoms with E-state index in [1.807, 2.05) is 4.90 Å². The minimum atomic E-state index is 0.224. The van der Waals surface area contributed by atoms with Crippen LogP contribution in [0.3, 0.4) is 0 Å². The van der Waals surface area contributed by atoms with Crippen molar-refractivity contribution in [3.63, 3.8) is 0 Å². The Labute approximate surface area is 183 Å². The lowest BCUT2D eigenvalue weighted by Gasteiger charge is -2.33. The van der Waals surface area contributed by atoms with Crippen LogP contribution >= 0.6 is 11.8 Å². The second-order valence-electron chi connectivity index (χ2n) is 7.57. The summed E-state index contributed by atoms with van der Waals surface area (Å²) in [7, 11) is 0. The van der Waals surface area contributed by atoms with Gasteiger partial charge in [0.05, 0.1) is 11.4 Å². The molecule has 3 N–H and O–H groups in total. The van der Waals surface area contributed by atoms with Gasteiger partial charge in [0.25, 0.3) is 0 Å². The zero-order chi connectivity index (χ0) is 20.6. The van der Waals surface area contributed by atoms with Gasteiger partial charge in [0.2, 0.25) is 5.91 Å². The maximum absolute atomic E-state index is 13.1. The van der Waals surface area contributed by atoms with Gasteiger partial charge in [-0.1, -0.05) is 36.0 Å². The highest BCUT2D eigenvalue weighted by atomic mass is 32.2. The van der Waals surface area contributed by atoms with Crippen LogP contribution in [0, 0.1) is 0 Å². The molecule has 2 aliphatic heterocycles. The summed E-state index contributed by atoms with van der Waals surface area (Å²) in [5.41, 5.74) is 2.39. The van der Waals surface area contributed by atoms with Crippen molar-refractivity contribution in [3.8, 4) is 0 Å². The Morgan fingerprint density at radius 1 is 0.767 bits per heavy atom. The molecule has 2 aromatic rings. The first-order valence-electron chi connectivity index (χ1n) is 10.9. The molecule has 6 nitrogen and oxygen atoms in total. The summed E-state index contributed by atoms with van der Waals surface area (Å²) < 4.78 is 0. The highest BCUT2D eigenvalue weighted by Crippen LogP contribution is 2.47. The summed E-state index contributed by atoms with van der Waals surface area (Å²) in [6.07, 6.45) is 0.509. The summed E-state index contributed by atoms with van der Waals surface area (Å²) in [5.74, 6) is 0.224. The highest BCUT2D eigenvalue weighted by molar-refractivity contribution is 7.99. The van der Waals surface area contributed by atoms with Crippen LogP contribution in [0.25, 0.3) is 0 Å². The molecular formula is C23H31N5OS. The first-order chi connectivity index (χ1) is 14.8. The average molecular weight is 426 g/mol. The molecule has 0 unspecified atom stereocenters. The van der Waals surface area contributed by atoms with E-state index in [0.29, 0.717) is 13.0 Å². The fourth-order valence-corrected chi connectivity index (χ4v) is 5.00. The van der Waals surface area contributed by atoms with Crippen molar-refractivity contribution in [3.05, 3.63) is 48.5 Å². The van der Waals surface area contributed by atoms with E-state index in [0.717, 1.165) is 52.4 Å². The first-order valence-corrected chi connectivity index (χ1v) is 11.7. The molecule has 0 spiro atoms. The predicted octanol–water partition coefficient (Wildman–Crippen LogP) is 2.29. The van der Waals surface area contributed by atoms with E-state index in [4.69, 9.17) is 0 Å². The number of hydrogen-bond donors (Lipinski definition) is 3. The SMILES string of the molecule is O=C(CCN1c2ccccc2Sc2ccccc21)N1CCNCCNCCNCC1. The molecule has 30 heavy (non-hydrogen) atoms. The maximum atomic E-state index is 13.1. The van der Waals surface area contributed by atoms with Crippen molar-refractivity contribution in [1.29, 1.82) is 0 Å². The van der Waals surface area contributed by atoms with Gasteiger partial charge >= 0.3 is 0 Å². The molecule has 0 aromatic heterocycles. The van der Waals surface area contributed by atoms with Crippen LogP contribution in [0.1, 0.15) is 6.42 Å². The second-order valence-corrected chi connectivity index (χ2v) is 8.65. The van der Waals surface area contributed by atoms with Crippen molar-refractivity contribution in [1.82, 2.24) is 20.9 Å². The van der Waals surface area contributed by atoms with Crippen LogP contribution < -0.4 is 20.9 Å². The third kappa shape index (κ3) is 5.35. The normalized spacial score (nSPS) is 18.0. The van der Waals surface area contributed by atoms with Crippen LogP contribution in [0.4, 0.5) is 11.4 Å². The summed E-state index contributed by atoms with van der Waals surface area (Å²) in [6.45, 7) is 7.64. The van der Waals surface area contributed by atoms with Crippen LogP contribution in [-0.4, -0.2) is 69.7 Å². The first kappa shape index (κ1) is 21.2. The smallest absolute Gasteiger partial charge is 0.224 e. The van der Waals surface area contributed by atoms with E-state index >= 15 is 0 Å². The van der Waals surface area contributed by atoms with E-state index in [1.54, 1.807) is 11.8 Å². The number of rotatable bonds is 3. The Hall–Kier alpha value is -2.06. The lowest BCUT2D eigenvalue weighted by atomic mass is 10.2. The number of carbonyl (C=O) groups excluding carboxylic acids is 1. The van der Waals surface area contributed by atoms with Gasteiger partial charge in [-0.25, -0.2) is 0 Å². The molecule has 4 rings (SSSR count). The van der Waals surface area contributed by atoms with Crippen LogP contribution in [0.5, 0.6) is 0 Å². The molecule has 0 atom stereocenters. The number of fused-ring (bicyclic) bond motifs is 2. The quantitative estimate of drug-likeness (QED) is 0.702. The summed E-state index contributed by atoms with van der Waals surface area (Å²) >= 11 is 1.80. The molecular weight excluding hydrogens is 394 g/mol. The van der Waals surface area contributed by atoms with Crippen molar-refractivity contribution < 1.29 is 4.79 Å². The van der Waals surface area contributed by atoms with Gasteiger partial charge in [-0.15, -0.1) is 0 Å². The molecule has 7 heteroatoms. The van der Waals surface area contributed by atoms with E-state index in [1.165, 1.54) is 21.2 Å². The Morgan fingerprint density at radius 2 is 1.27 bits per heavy atom. The standard InChI is InChI=1S/C23H31N5OS/c29-23(27-17-14-25-12-10-24-11-13-26-15-18-27)9-16-28-19-5-1-3-7-21(19)30-22-8-4-2-6-20(22)28/h1-8,24-26H,9-18H2. The van der Waals surface area contributed by atoms with Gasteiger partial charge in [0.15, 0.2) is 0 Å². The zero-order valence-electron chi connectivity index (χ0n) is 17.4. The number of benzene rings is 2. The van der Waals surface area contributed by atoms with Crippen LogP contribution in [0.15, 0.2) is 58.3 Å². The number of amides is 1. The third-order valence-electron chi connectivity index (χ3n) is 5.51. The molecule has 160 valence electrons. The molecule has 0 radical (unpaired) electrons. The minimum absolute atomic E-state index is 0.224. The van der Waals surface area contributed by atoms with Crippen molar-refractivity contribution in [2.24, 2.45) is 0 Å². The van der Waals surface area contributed by atoms with Crippen LogP contribution in [0.2, 0.25) is 0 Å². The predicted molar refractivity (Wildman–Crippen MR) is 124 cm³/mol. The molecule has 2 aliphatic rings. The number of carbonyl (C=O) groups is 1. The van der Waals surface area contributed by atoms with E-state index in [-0.39, 0.29) is 5.91 Å². The average Bonchev–Trinajstić information content (AvgIpc) is 2.77. The van der Waals surface area contributed by atoms with E-state index in [2.05, 4.69) is 69.4 Å². The molecule has 0 saturated carbocycles. The molecule has 1 amide bonds. The maximum Gasteiger partial charge on any atom is 0.224 e. The zero-order valence-corrected chi connectivity index (χ0v) is 18.2. The summed E-state index contributed by atoms with van der Waals surface area (Å²) in [6, 6.07) is 16.9. The Kier molecular flexibility index (Phi) is 7.64. The Bertz CT molecular complexity index is 788. The molecule has 2 heterocycles. The molecule has 2 aromatic carbocycles.